The quantitative estimate of drug-likeness (QED) is 0.554. The fraction of sp³-hybridized carbons (Fsp3) is 0.478. The Bertz CT molecular complexity index is 915. The second kappa shape index (κ2) is 10.0. The number of amides is 2. The van der Waals surface area contributed by atoms with E-state index in [1.54, 1.807) is 4.90 Å². The van der Waals surface area contributed by atoms with Crippen LogP contribution in [0.1, 0.15) is 63.1 Å². The van der Waals surface area contributed by atoms with E-state index in [1.807, 2.05) is 38.1 Å². The van der Waals surface area contributed by atoms with Gasteiger partial charge in [-0.1, -0.05) is 51.3 Å². The number of pyridine rings is 1. The Morgan fingerprint density at radius 3 is 2.52 bits per heavy atom. The number of ether oxygens (including phenoxy) is 1. The summed E-state index contributed by atoms with van der Waals surface area (Å²) in [5.74, 6) is -1.06. The van der Waals surface area contributed by atoms with Crippen LogP contribution in [0, 0.1) is 12.7 Å². The molecule has 1 aliphatic carbocycles. The molecule has 0 spiro atoms. The monoisotopic (exact) mass is 435 g/mol. The zero-order valence-electron chi connectivity index (χ0n) is 18.0. The predicted octanol–water partition coefficient (Wildman–Crippen LogP) is 6.63. The summed E-state index contributed by atoms with van der Waals surface area (Å²) in [6, 6.07) is 8.04. The number of halogens is 3. The Morgan fingerprint density at radius 2 is 1.87 bits per heavy atom. The molecule has 0 bridgehead atoms. The number of hydrogen-bond acceptors (Lipinski definition) is 3. The molecule has 1 heterocycles. The van der Waals surface area contributed by atoms with Crippen LogP contribution in [0.3, 0.4) is 0 Å². The normalized spacial score (nSPS) is 14.7. The maximum atomic E-state index is 14.1. The number of alkyl halides is 2. The molecule has 1 aromatic carbocycles. The van der Waals surface area contributed by atoms with Crippen molar-refractivity contribution in [1.29, 1.82) is 0 Å². The molecule has 1 saturated carbocycles. The van der Waals surface area contributed by atoms with Crippen molar-refractivity contribution in [1.82, 2.24) is 4.98 Å². The first-order valence-corrected chi connectivity index (χ1v) is 10.6. The summed E-state index contributed by atoms with van der Waals surface area (Å²) in [5.41, 5.74) is 1.44. The van der Waals surface area contributed by atoms with E-state index in [4.69, 9.17) is 0 Å². The topological polar surface area (TPSA) is 54.5 Å². The summed E-state index contributed by atoms with van der Waals surface area (Å²) in [5, 5.41) is 2.57. The number of carbonyl (C=O) groups is 1. The number of benzene rings is 1. The molecule has 31 heavy (non-hydrogen) atoms. The Labute approximate surface area is 180 Å². The van der Waals surface area contributed by atoms with Gasteiger partial charge in [-0.25, -0.2) is 14.2 Å². The van der Waals surface area contributed by atoms with E-state index in [2.05, 4.69) is 15.0 Å². The third-order valence-corrected chi connectivity index (χ3v) is 5.54. The van der Waals surface area contributed by atoms with E-state index in [1.165, 1.54) is 6.92 Å². The van der Waals surface area contributed by atoms with Crippen LogP contribution in [0.4, 0.5) is 29.3 Å². The molecule has 5 nitrogen and oxygen atoms in total. The molecule has 0 atom stereocenters. The van der Waals surface area contributed by atoms with E-state index in [0.717, 1.165) is 49.4 Å². The molecule has 0 radical (unpaired) electrons. The van der Waals surface area contributed by atoms with Crippen LogP contribution in [-0.2, 0) is 0 Å². The number of anilines is 2. The summed E-state index contributed by atoms with van der Waals surface area (Å²) < 4.78 is 44.3. The minimum atomic E-state index is -3.15. The smallest absolute Gasteiger partial charge is 0.388 e. The highest BCUT2D eigenvalue weighted by molar-refractivity contribution is 6.03. The summed E-state index contributed by atoms with van der Waals surface area (Å²) in [4.78, 5) is 18.9. The van der Waals surface area contributed by atoms with Crippen LogP contribution in [-0.4, -0.2) is 23.7 Å². The zero-order valence-corrected chi connectivity index (χ0v) is 18.0. The van der Waals surface area contributed by atoms with Crippen LogP contribution in [0.15, 0.2) is 30.3 Å². The molecular formula is C23H28F3N3O2. The molecular weight excluding hydrogens is 407 g/mol. The number of hydrogen-bond donors (Lipinski definition) is 1. The van der Waals surface area contributed by atoms with E-state index in [-0.39, 0.29) is 23.3 Å². The first kappa shape index (κ1) is 22.9. The van der Waals surface area contributed by atoms with Crippen molar-refractivity contribution in [3.05, 3.63) is 47.4 Å². The predicted molar refractivity (Wildman–Crippen MR) is 114 cm³/mol. The molecule has 0 saturated heterocycles. The SMILES string of the molecule is Cc1nc(OC(F)F)c(NC(=O)N(c2ccccc2C(C)C)C2CCCCC2)cc1F. The Hall–Kier alpha value is -2.77. The molecule has 1 aliphatic rings. The highest BCUT2D eigenvalue weighted by Crippen LogP contribution is 2.34. The number of para-hydroxylation sites is 1. The van der Waals surface area contributed by atoms with Crippen LogP contribution in [0.25, 0.3) is 0 Å². The highest BCUT2D eigenvalue weighted by Gasteiger charge is 2.30. The largest absolute Gasteiger partial charge is 0.415 e. The lowest BCUT2D eigenvalue weighted by Crippen LogP contribution is -2.44. The number of nitrogens with one attached hydrogen (secondary N) is 1. The molecule has 2 amide bonds. The van der Waals surface area contributed by atoms with E-state index < -0.39 is 24.3 Å². The Balaban J connectivity index is 1.99. The van der Waals surface area contributed by atoms with Crippen molar-refractivity contribution in [2.24, 2.45) is 0 Å². The number of aryl methyl sites for hydroxylation is 1. The fourth-order valence-corrected chi connectivity index (χ4v) is 4.00. The van der Waals surface area contributed by atoms with Crippen molar-refractivity contribution in [2.75, 3.05) is 10.2 Å². The van der Waals surface area contributed by atoms with Crippen molar-refractivity contribution in [2.45, 2.75) is 71.4 Å². The Kier molecular flexibility index (Phi) is 7.41. The summed E-state index contributed by atoms with van der Waals surface area (Å²) in [7, 11) is 0. The van der Waals surface area contributed by atoms with E-state index in [9.17, 15) is 18.0 Å². The lowest BCUT2D eigenvalue weighted by Gasteiger charge is -2.36. The maximum absolute atomic E-state index is 14.1. The molecule has 1 aromatic heterocycles. The second-order valence-corrected chi connectivity index (χ2v) is 8.09. The van der Waals surface area contributed by atoms with Gasteiger partial charge in [-0.3, -0.25) is 4.90 Å². The standard InChI is InChI=1S/C23H28F3N3O2/c1-14(2)17-11-7-8-12-20(17)29(16-9-5-4-6-10-16)23(30)28-19-13-18(24)15(3)27-21(19)31-22(25)26/h7-8,11-14,16,22H,4-6,9-10H2,1-3H3,(H,28,30). The number of nitrogens with zero attached hydrogens (tertiary/aromatic N) is 2. The van der Waals surface area contributed by atoms with Gasteiger partial charge >= 0.3 is 12.6 Å². The average molecular weight is 435 g/mol. The molecule has 2 aromatic rings. The number of rotatable bonds is 6. The minimum absolute atomic E-state index is 0.0450. The van der Waals surface area contributed by atoms with Crippen molar-refractivity contribution in [3.63, 3.8) is 0 Å². The second-order valence-electron chi connectivity index (χ2n) is 8.09. The van der Waals surface area contributed by atoms with Gasteiger partial charge in [-0.15, -0.1) is 0 Å². The molecule has 0 aliphatic heterocycles. The third-order valence-electron chi connectivity index (χ3n) is 5.54. The third kappa shape index (κ3) is 5.48. The van der Waals surface area contributed by atoms with Gasteiger partial charge in [0, 0.05) is 17.8 Å². The fourth-order valence-electron chi connectivity index (χ4n) is 4.00. The van der Waals surface area contributed by atoms with Crippen LogP contribution < -0.4 is 15.0 Å². The highest BCUT2D eigenvalue weighted by atomic mass is 19.3. The van der Waals surface area contributed by atoms with Crippen LogP contribution in [0.5, 0.6) is 5.88 Å². The lowest BCUT2D eigenvalue weighted by molar-refractivity contribution is -0.0524. The summed E-state index contributed by atoms with van der Waals surface area (Å²) in [6.07, 6.45) is 4.77. The minimum Gasteiger partial charge on any atom is -0.415 e. The lowest BCUT2D eigenvalue weighted by atomic mass is 9.92. The van der Waals surface area contributed by atoms with Gasteiger partial charge in [0.25, 0.3) is 0 Å². The van der Waals surface area contributed by atoms with E-state index >= 15 is 0 Å². The van der Waals surface area contributed by atoms with E-state index in [0.29, 0.717) is 0 Å². The van der Waals surface area contributed by atoms with Gasteiger partial charge in [0.1, 0.15) is 11.5 Å². The first-order chi connectivity index (χ1) is 14.8. The van der Waals surface area contributed by atoms with Crippen molar-refractivity contribution < 1.29 is 22.7 Å². The van der Waals surface area contributed by atoms with Gasteiger partial charge < -0.3 is 10.1 Å². The van der Waals surface area contributed by atoms with Gasteiger partial charge in [-0.2, -0.15) is 8.78 Å². The molecule has 1 N–H and O–H groups in total. The van der Waals surface area contributed by atoms with Crippen LogP contribution in [0.2, 0.25) is 0 Å². The number of aromatic nitrogens is 1. The summed E-state index contributed by atoms with van der Waals surface area (Å²) in [6.45, 7) is 2.28. The van der Waals surface area contributed by atoms with Gasteiger partial charge in [0.2, 0.25) is 5.88 Å². The number of carbonyl (C=O) groups excluding carboxylic acids is 1. The van der Waals surface area contributed by atoms with Gasteiger partial charge in [-0.05, 0) is 37.3 Å². The molecule has 0 unspecified atom stereocenters. The van der Waals surface area contributed by atoms with Gasteiger partial charge in [0.15, 0.2) is 0 Å². The summed E-state index contributed by atoms with van der Waals surface area (Å²) >= 11 is 0. The van der Waals surface area contributed by atoms with Crippen LogP contribution >= 0.6 is 0 Å². The zero-order chi connectivity index (χ0) is 22.5. The molecule has 3 rings (SSSR count). The molecule has 168 valence electrons. The average Bonchev–Trinajstić information content (AvgIpc) is 2.72. The van der Waals surface area contributed by atoms with Gasteiger partial charge in [0.05, 0.1) is 5.69 Å². The Morgan fingerprint density at radius 1 is 1.19 bits per heavy atom. The molecule has 1 fully saturated rings. The number of urea groups is 1. The van der Waals surface area contributed by atoms with Crippen molar-refractivity contribution in [3.8, 4) is 5.88 Å². The van der Waals surface area contributed by atoms with Crippen molar-refractivity contribution >= 4 is 17.4 Å². The molecule has 8 heteroatoms. The maximum Gasteiger partial charge on any atom is 0.388 e. The first-order valence-electron chi connectivity index (χ1n) is 10.6.